The summed E-state index contributed by atoms with van der Waals surface area (Å²) in [5.41, 5.74) is 6.42. The molecule has 0 aliphatic heterocycles. The highest BCUT2D eigenvalue weighted by molar-refractivity contribution is 5.96. The Balaban J connectivity index is 1.52. The van der Waals surface area contributed by atoms with Gasteiger partial charge in [0.25, 0.3) is 0 Å². The van der Waals surface area contributed by atoms with Gasteiger partial charge >= 0.3 is 0 Å². The van der Waals surface area contributed by atoms with Crippen molar-refractivity contribution < 1.29 is 0 Å². The van der Waals surface area contributed by atoms with E-state index in [1.807, 2.05) is 50.0 Å². The van der Waals surface area contributed by atoms with Gasteiger partial charge in [0, 0.05) is 30.4 Å². The lowest BCUT2D eigenvalue weighted by Gasteiger charge is -2.04. The molecule has 0 saturated heterocycles. The molecule has 0 fully saturated rings. The number of aromatic nitrogens is 9. The molecule has 9 heteroatoms. The van der Waals surface area contributed by atoms with Crippen LogP contribution in [0.3, 0.4) is 0 Å². The Bertz CT molecular complexity index is 1580. The van der Waals surface area contributed by atoms with Crippen molar-refractivity contribution in [2.45, 2.75) is 13.8 Å². The Hall–Kier alpha value is -4.27. The lowest BCUT2D eigenvalue weighted by Crippen LogP contribution is -1.95. The topological polar surface area (TPSA) is 106 Å². The molecule has 31 heavy (non-hydrogen) atoms. The zero-order valence-electron chi connectivity index (χ0n) is 17.2. The summed E-state index contributed by atoms with van der Waals surface area (Å²) in [6, 6.07) is 8.14. The van der Waals surface area contributed by atoms with Crippen molar-refractivity contribution in [2.24, 2.45) is 7.05 Å². The fraction of sp³-hybridized carbons (Fsp3) is 0.136. The SMILES string of the molecule is Cc1cn(-c2nccc3[nH]c(-c4n[nH]c5ccc(-c6cnc(C)n6C)cc45)nc23)cn1. The third kappa shape index (κ3) is 2.67. The van der Waals surface area contributed by atoms with E-state index in [-0.39, 0.29) is 0 Å². The van der Waals surface area contributed by atoms with Gasteiger partial charge in [0.15, 0.2) is 11.6 Å². The molecule has 152 valence electrons. The Morgan fingerprint density at radius 3 is 2.68 bits per heavy atom. The van der Waals surface area contributed by atoms with Gasteiger partial charge in [-0.1, -0.05) is 6.07 Å². The molecular formula is C22H19N9. The van der Waals surface area contributed by atoms with Crippen molar-refractivity contribution >= 4 is 21.9 Å². The maximum atomic E-state index is 4.85. The van der Waals surface area contributed by atoms with E-state index in [0.29, 0.717) is 5.82 Å². The number of aromatic amines is 2. The fourth-order valence-corrected chi connectivity index (χ4v) is 3.88. The van der Waals surface area contributed by atoms with E-state index >= 15 is 0 Å². The van der Waals surface area contributed by atoms with Crippen LogP contribution in [0.4, 0.5) is 0 Å². The molecule has 6 rings (SSSR count). The first kappa shape index (κ1) is 17.6. The summed E-state index contributed by atoms with van der Waals surface area (Å²) in [5.74, 6) is 2.38. The van der Waals surface area contributed by atoms with Gasteiger partial charge in [-0.05, 0) is 32.0 Å². The van der Waals surface area contributed by atoms with E-state index in [9.17, 15) is 0 Å². The van der Waals surface area contributed by atoms with E-state index in [1.165, 1.54) is 0 Å². The number of H-pyrrole nitrogens is 2. The normalized spacial score (nSPS) is 11.7. The highest BCUT2D eigenvalue weighted by atomic mass is 15.2. The van der Waals surface area contributed by atoms with Crippen molar-refractivity contribution in [1.82, 2.24) is 44.3 Å². The molecule has 1 aromatic carbocycles. The van der Waals surface area contributed by atoms with Crippen LogP contribution in [-0.2, 0) is 7.05 Å². The Kier molecular flexibility index (Phi) is 3.61. The van der Waals surface area contributed by atoms with Gasteiger partial charge in [0.05, 0.1) is 28.6 Å². The first-order valence-electron chi connectivity index (χ1n) is 9.91. The van der Waals surface area contributed by atoms with Crippen molar-refractivity contribution in [1.29, 1.82) is 0 Å². The summed E-state index contributed by atoms with van der Waals surface area (Å²) >= 11 is 0. The second kappa shape index (κ2) is 6.36. The first-order chi connectivity index (χ1) is 15.1. The predicted molar refractivity (Wildman–Crippen MR) is 118 cm³/mol. The summed E-state index contributed by atoms with van der Waals surface area (Å²) in [5, 5.41) is 8.65. The molecule has 0 radical (unpaired) electrons. The van der Waals surface area contributed by atoms with Crippen LogP contribution in [0.5, 0.6) is 0 Å². The second-order valence-electron chi connectivity index (χ2n) is 7.62. The molecule has 0 atom stereocenters. The number of nitrogens with zero attached hydrogens (tertiary/aromatic N) is 7. The van der Waals surface area contributed by atoms with E-state index in [1.54, 1.807) is 12.5 Å². The lowest BCUT2D eigenvalue weighted by atomic mass is 10.1. The van der Waals surface area contributed by atoms with Crippen LogP contribution >= 0.6 is 0 Å². The summed E-state index contributed by atoms with van der Waals surface area (Å²) in [4.78, 5) is 21.5. The molecule has 2 N–H and O–H groups in total. The molecular weight excluding hydrogens is 390 g/mol. The summed E-state index contributed by atoms with van der Waals surface area (Å²) in [6.45, 7) is 3.94. The number of pyridine rings is 1. The predicted octanol–water partition coefficient (Wildman–Crippen LogP) is 3.70. The molecule has 0 saturated carbocycles. The smallest absolute Gasteiger partial charge is 0.166 e. The standard InChI is InChI=1S/C22H19N9/c1-12-10-31(11-25-12)22-20-17(6-7-23-22)26-21(27-20)19-15-8-14(4-5-16(15)28-29-19)18-9-24-13(2)30(18)3/h4-11H,1-3H3,(H,26,27)(H,28,29). The molecule has 6 aromatic rings. The maximum Gasteiger partial charge on any atom is 0.166 e. The number of nitrogens with one attached hydrogen (secondary N) is 2. The quantitative estimate of drug-likeness (QED) is 0.464. The van der Waals surface area contributed by atoms with Gasteiger partial charge in [-0.3, -0.25) is 9.67 Å². The van der Waals surface area contributed by atoms with Gasteiger partial charge in [-0.2, -0.15) is 5.10 Å². The third-order valence-electron chi connectivity index (χ3n) is 5.64. The maximum absolute atomic E-state index is 4.85. The first-order valence-corrected chi connectivity index (χ1v) is 9.91. The number of aryl methyl sites for hydroxylation is 2. The van der Waals surface area contributed by atoms with Crippen LogP contribution in [0, 0.1) is 13.8 Å². The Morgan fingerprint density at radius 1 is 1.00 bits per heavy atom. The van der Waals surface area contributed by atoms with Crippen molar-refractivity contribution in [2.75, 3.05) is 0 Å². The van der Waals surface area contributed by atoms with Crippen LogP contribution in [0.1, 0.15) is 11.5 Å². The molecule has 9 nitrogen and oxygen atoms in total. The summed E-state index contributed by atoms with van der Waals surface area (Å²) in [7, 11) is 2.02. The number of hydrogen-bond acceptors (Lipinski definition) is 5. The van der Waals surface area contributed by atoms with Crippen LogP contribution in [-0.4, -0.2) is 44.3 Å². The lowest BCUT2D eigenvalue weighted by molar-refractivity contribution is 0.865. The molecule has 0 aliphatic carbocycles. The highest BCUT2D eigenvalue weighted by Gasteiger charge is 2.17. The molecule has 0 aliphatic rings. The van der Waals surface area contributed by atoms with Crippen LogP contribution in [0.25, 0.3) is 50.5 Å². The number of imidazole rings is 3. The van der Waals surface area contributed by atoms with E-state index in [4.69, 9.17) is 4.98 Å². The Labute approximate surface area is 176 Å². The van der Waals surface area contributed by atoms with Crippen LogP contribution < -0.4 is 0 Å². The number of fused-ring (bicyclic) bond motifs is 2. The van der Waals surface area contributed by atoms with Gasteiger partial charge in [-0.15, -0.1) is 0 Å². The third-order valence-corrected chi connectivity index (χ3v) is 5.64. The minimum atomic E-state index is 0.686. The van der Waals surface area contributed by atoms with E-state index in [2.05, 4.69) is 46.8 Å². The molecule has 0 bridgehead atoms. The minimum Gasteiger partial charge on any atom is -0.336 e. The molecule has 0 amide bonds. The van der Waals surface area contributed by atoms with Gasteiger partial charge in [0.1, 0.15) is 23.4 Å². The zero-order valence-corrected chi connectivity index (χ0v) is 17.2. The average Bonchev–Trinajstić information content (AvgIpc) is 3.54. The van der Waals surface area contributed by atoms with Crippen molar-refractivity contribution in [3.8, 4) is 28.6 Å². The number of rotatable bonds is 3. The zero-order chi connectivity index (χ0) is 21.1. The van der Waals surface area contributed by atoms with Gasteiger partial charge in [0.2, 0.25) is 0 Å². The molecule has 5 heterocycles. The van der Waals surface area contributed by atoms with Crippen LogP contribution in [0.2, 0.25) is 0 Å². The Morgan fingerprint density at radius 2 is 1.90 bits per heavy atom. The summed E-state index contributed by atoms with van der Waals surface area (Å²) < 4.78 is 3.96. The largest absolute Gasteiger partial charge is 0.336 e. The fourth-order valence-electron chi connectivity index (χ4n) is 3.88. The number of hydrogen-bond donors (Lipinski definition) is 2. The summed E-state index contributed by atoms with van der Waals surface area (Å²) in [6.07, 6.45) is 7.34. The average molecular weight is 409 g/mol. The second-order valence-corrected chi connectivity index (χ2v) is 7.62. The molecule has 0 unspecified atom stereocenters. The van der Waals surface area contributed by atoms with E-state index < -0.39 is 0 Å². The minimum absolute atomic E-state index is 0.686. The van der Waals surface area contributed by atoms with Gasteiger partial charge < -0.3 is 9.55 Å². The van der Waals surface area contributed by atoms with Crippen LogP contribution in [0.15, 0.2) is 49.2 Å². The van der Waals surface area contributed by atoms with Crippen molar-refractivity contribution in [3.63, 3.8) is 0 Å². The van der Waals surface area contributed by atoms with Gasteiger partial charge in [-0.25, -0.2) is 19.9 Å². The highest BCUT2D eigenvalue weighted by Crippen LogP contribution is 2.31. The molecule has 0 spiro atoms. The van der Waals surface area contributed by atoms with Crippen molar-refractivity contribution in [3.05, 3.63) is 60.7 Å². The molecule has 5 aromatic heterocycles. The van der Waals surface area contributed by atoms with E-state index in [0.717, 1.165) is 56.2 Å². The monoisotopic (exact) mass is 409 g/mol. The number of benzene rings is 1.